The Morgan fingerprint density at radius 1 is 1.18 bits per heavy atom. The molecule has 4 heteroatoms. The second-order valence-electron chi connectivity index (χ2n) is 5.34. The number of amides is 1. The third kappa shape index (κ3) is 3.17. The summed E-state index contributed by atoms with van der Waals surface area (Å²) in [4.78, 5) is 27.9. The van der Waals surface area contributed by atoms with Crippen LogP contribution in [0.2, 0.25) is 0 Å². The van der Waals surface area contributed by atoms with Crippen LogP contribution in [-0.4, -0.2) is 18.2 Å². The van der Waals surface area contributed by atoms with Gasteiger partial charge < -0.3 is 4.90 Å². The summed E-state index contributed by atoms with van der Waals surface area (Å²) in [5.41, 5.74) is 1.51. The number of thiophene rings is 1. The molecule has 1 amide bonds. The van der Waals surface area contributed by atoms with Gasteiger partial charge >= 0.3 is 0 Å². The van der Waals surface area contributed by atoms with Gasteiger partial charge in [-0.1, -0.05) is 0 Å². The molecular formula is C18H17NO2S. The molecular weight excluding hydrogens is 294 g/mol. The molecule has 3 nitrogen and oxygen atoms in total. The third-order valence-corrected chi connectivity index (χ3v) is 4.66. The Bertz CT molecular complexity index is 728. The fraction of sp³-hybridized carbons (Fsp3) is 0.222. The van der Waals surface area contributed by atoms with Crippen molar-refractivity contribution in [3.05, 3.63) is 57.8 Å². The van der Waals surface area contributed by atoms with Gasteiger partial charge in [0.15, 0.2) is 5.78 Å². The van der Waals surface area contributed by atoms with Crippen molar-refractivity contribution >= 4 is 34.8 Å². The van der Waals surface area contributed by atoms with Crippen molar-refractivity contribution in [1.82, 2.24) is 0 Å². The van der Waals surface area contributed by atoms with Crippen LogP contribution in [0.25, 0.3) is 6.08 Å². The molecule has 1 aliphatic rings. The normalized spacial score (nSPS) is 15.0. The second kappa shape index (κ2) is 6.28. The number of ketones is 1. The van der Waals surface area contributed by atoms with Gasteiger partial charge in [-0.05, 0) is 61.9 Å². The summed E-state index contributed by atoms with van der Waals surface area (Å²) in [5, 5.41) is 0. The van der Waals surface area contributed by atoms with E-state index in [9.17, 15) is 9.59 Å². The predicted molar refractivity (Wildman–Crippen MR) is 90.4 cm³/mol. The number of aryl methyl sites for hydroxylation is 1. The quantitative estimate of drug-likeness (QED) is 0.630. The zero-order valence-corrected chi connectivity index (χ0v) is 13.2. The van der Waals surface area contributed by atoms with Gasteiger partial charge in [-0.2, -0.15) is 0 Å². The SMILES string of the molecule is Cc1ccc(/C=C/C(=O)c2ccc(N3CCCC3=O)cc2)s1. The van der Waals surface area contributed by atoms with E-state index in [-0.39, 0.29) is 11.7 Å². The van der Waals surface area contributed by atoms with Crippen molar-refractivity contribution in [2.24, 2.45) is 0 Å². The van der Waals surface area contributed by atoms with E-state index < -0.39 is 0 Å². The second-order valence-corrected chi connectivity index (χ2v) is 6.66. The Hall–Kier alpha value is -2.20. The van der Waals surface area contributed by atoms with E-state index in [4.69, 9.17) is 0 Å². The van der Waals surface area contributed by atoms with Crippen LogP contribution in [0.3, 0.4) is 0 Å². The molecule has 0 unspecified atom stereocenters. The molecule has 112 valence electrons. The van der Waals surface area contributed by atoms with Crippen molar-refractivity contribution in [2.45, 2.75) is 19.8 Å². The molecule has 0 spiro atoms. The smallest absolute Gasteiger partial charge is 0.227 e. The third-order valence-electron chi connectivity index (χ3n) is 3.70. The van der Waals surface area contributed by atoms with Crippen LogP contribution in [-0.2, 0) is 4.79 Å². The van der Waals surface area contributed by atoms with Gasteiger partial charge in [0.25, 0.3) is 0 Å². The standard InChI is InChI=1S/C18H17NO2S/c1-13-4-9-16(22-13)10-11-17(20)14-5-7-15(8-6-14)19-12-2-3-18(19)21/h4-11H,2-3,12H2,1H3/b11-10+. The number of carbonyl (C=O) groups is 2. The van der Waals surface area contributed by atoms with Gasteiger partial charge in [-0.25, -0.2) is 0 Å². The maximum absolute atomic E-state index is 12.2. The highest BCUT2D eigenvalue weighted by molar-refractivity contribution is 7.12. The van der Waals surface area contributed by atoms with Gasteiger partial charge in [0.2, 0.25) is 5.91 Å². The van der Waals surface area contributed by atoms with Gasteiger partial charge in [0.1, 0.15) is 0 Å². The van der Waals surface area contributed by atoms with Crippen LogP contribution in [0.4, 0.5) is 5.69 Å². The highest BCUT2D eigenvalue weighted by Gasteiger charge is 2.21. The molecule has 2 heterocycles. The summed E-state index contributed by atoms with van der Waals surface area (Å²) in [6, 6.07) is 11.3. The highest BCUT2D eigenvalue weighted by atomic mass is 32.1. The van der Waals surface area contributed by atoms with E-state index in [0.29, 0.717) is 12.0 Å². The van der Waals surface area contributed by atoms with E-state index in [2.05, 4.69) is 0 Å². The monoisotopic (exact) mass is 311 g/mol. The number of anilines is 1. The van der Waals surface area contributed by atoms with E-state index in [1.807, 2.05) is 37.3 Å². The largest absolute Gasteiger partial charge is 0.312 e. The van der Waals surface area contributed by atoms with Crippen molar-refractivity contribution in [1.29, 1.82) is 0 Å². The fourth-order valence-corrected chi connectivity index (χ4v) is 3.30. The Morgan fingerprint density at radius 2 is 1.95 bits per heavy atom. The Balaban J connectivity index is 1.71. The molecule has 3 rings (SSSR count). The lowest BCUT2D eigenvalue weighted by molar-refractivity contribution is -0.117. The first-order valence-electron chi connectivity index (χ1n) is 7.33. The summed E-state index contributed by atoms with van der Waals surface area (Å²) in [6.45, 7) is 2.81. The number of benzene rings is 1. The van der Waals surface area contributed by atoms with E-state index >= 15 is 0 Å². The zero-order valence-electron chi connectivity index (χ0n) is 12.4. The Morgan fingerprint density at radius 3 is 2.55 bits per heavy atom. The topological polar surface area (TPSA) is 37.4 Å². The minimum Gasteiger partial charge on any atom is -0.312 e. The number of allylic oxidation sites excluding steroid dienone is 1. The van der Waals surface area contributed by atoms with E-state index in [1.165, 1.54) is 4.88 Å². The van der Waals surface area contributed by atoms with Crippen molar-refractivity contribution in [3.8, 4) is 0 Å². The molecule has 1 fully saturated rings. The average molecular weight is 311 g/mol. The maximum Gasteiger partial charge on any atom is 0.227 e. The van der Waals surface area contributed by atoms with Crippen molar-refractivity contribution in [2.75, 3.05) is 11.4 Å². The molecule has 2 aromatic rings. The van der Waals surface area contributed by atoms with Crippen molar-refractivity contribution in [3.63, 3.8) is 0 Å². The number of rotatable bonds is 4. The number of nitrogens with zero attached hydrogens (tertiary/aromatic N) is 1. The molecule has 22 heavy (non-hydrogen) atoms. The molecule has 0 radical (unpaired) electrons. The van der Waals surface area contributed by atoms with Gasteiger partial charge in [-0.3, -0.25) is 9.59 Å². The lowest BCUT2D eigenvalue weighted by Crippen LogP contribution is -2.23. The minimum atomic E-state index is -0.0228. The molecule has 1 aromatic carbocycles. The van der Waals surface area contributed by atoms with Crippen LogP contribution < -0.4 is 4.90 Å². The minimum absolute atomic E-state index is 0.0228. The lowest BCUT2D eigenvalue weighted by Gasteiger charge is -2.15. The summed E-state index contributed by atoms with van der Waals surface area (Å²) in [6.07, 6.45) is 4.96. The lowest BCUT2D eigenvalue weighted by atomic mass is 10.1. The van der Waals surface area contributed by atoms with Gasteiger partial charge in [-0.15, -0.1) is 11.3 Å². The molecule has 0 saturated carbocycles. The van der Waals surface area contributed by atoms with Crippen LogP contribution in [0.1, 0.15) is 33.0 Å². The summed E-state index contributed by atoms with van der Waals surface area (Å²) in [5.74, 6) is 0.136. The summed E-state index contributed by atoms with van der Waals surface area (Å²) >= 11 is 1.66. The Kier molecular flexibility index (Phi) is 4.20. The maximum atomic E-state index is 12.2. The molecule has 0 bridgehead atoms. The molecule has 1 aliphatic heterocycles. The molecule has 0 atom stereocenters. The first-order chi connectivity index (χ1) is 10.6. The zero-order chi connectivity index (χ0) is 15.5. The van der Waals surface area contributed by atoms with E-state index in [0.717, 1.165) is 23.5 Å². The molecule has 1 aromatic heterocycles. The first-order valence-corrected chi connectivity index (χ1v) is 8.14. The van der Waals surface area contributed by atoms with Gasteiger partial charge in [0.05, 0.1) is 0 Å². The highest BCUT2D eigenvalue weighted by Crippen LogP contribution is 2.22. The number of hydrogen-bond acceptors (Lipinski definition) is 3. The number of hydrogen-bond donors (Lipinski definition) is 0. The predicted octanol–water partition coefficient (Wildman–Crippen LogP) is 4.08. The fourth-order valence-electron chi connectivity index (χ4n) is 2.52. The number of carbonyl (C=O) groups excluding carboxylic acids is 2. The van der Waals surface area contributed by atoms with Crippen LogP contribution in [0.15, 0.2) is 42.5 Å². The Labute approximate surface area is 133 Å². The van der Waals surface area contributed by atoms with Crippen molar-refractivity contribution < 1.29 is 9.59 Å². The molecule has 1 saturated heterocycles. The summed E-state index contributed by atoms with van der Waals surface area (Å²) in [7, 11) is 0. The average Bonchev–Trinajstić information content (AvgIpc) is 3.13. The van der Waals surface area contributed by atoms with Crippen LogP contribution in [0, 0.1) is 6.92 Å². The molecule has 0 aliphatic carbocycles. The summed E-state index contributed by atoms with van der Waals surface area (Å²) < 4.78 is 0. The molecule has 0 N–H and O–H groups in total. The van der Waals surface area contributed by atoms with Crippen LogP contribution >= 0.6 is 11.3 Å². The first kappa shape index (κ1) is 14.7. The van der Waals surface area contributed by atoms with Crippen LogP contribution in [0.5, 0.6) is 0 Å². The van der Waals surface area contributed by atoms with Gasteiger partial charge in [0, 0.05) is 34.0 Å². The van der Waals surface area contributed by atoms with E-state index in [1.54, 1.807) is 34.4 Å².